The lowest BCUT2D eigenvalue weighted by molar-refractivity contribution is 0.0185. The van der Waals surface area contributed by atoms with Crippen molar-refractivity contribution in [3.8, 4) is 0 Å². The van der Waals surface area contributed by atoms with Gasteiger partial charge in [0.2, 0.25) is 0 Å². The molecule has 0 aliphatic heterocycles. The lowest BCUT2D eigenvalue weighted by Crippen LogP contribution is -2.25. The van der Waals surface area contributed by atoms with Crippen molar-refractivity contribution in [2.45, 2.75) is 19.1 Å². The number of aryl methyl sites for hydroxylation is 1. The Morgan fingerprint density at radius 1 is 1.42 bits per heavy atom. The van der Waals surface area contributed by atoms with Crippen LogP contribution in [0.4, 0.5) is 0 Å². The molecule has 0 aliphatic rings. The summed E-state index contributed by atoms with van der Waals surface area (Å²) in [5.41, 5.74) is 1.75. The molecule has 0 amide bonds. The van der Waals surface area contributed by atoms with Gasteiger partial charge in [0.1, 0.15) is 11.3 Å². The molecule has 0 saturated heterocycles. The molecule has 104 valence electrons. The van der Waals surface area contributed by atoms with Crippen LogP contribution in [0.3, 0.4) is 0 Å². The third kappa shape index (κ3) is 3.23. The predicted molar refractivity (Wildman–Crippen MR) is 74.6 cm³/mol. The maximum atomic E-state index is 5.84. The maximum Gasteiger partial charge on any atom is 0.160 e. The van der Waals surface area contributed by atoms with Gasteiger partial charge in [-0.25, -0.2) is 9.97 Å². The Hall–Kier alpha value is -1.17. The largest absolute Gasteiger partial charge is 0.382 e. The lowest BCUT2D eigenvalue weighted by Gasteiger charge is -2.16. The first-order chi connectivity index (χ1) is 9.30. The van der Waals surface area contributed by atoms with Gasteiger partial charge < -0.3 is 14.0 Å². The van der Waals surface area contributed by atoms with Gasteiger partial charge in [0.15, 0.2) is 5.65 Å². The zero-order valence-corrected chi connectivity index (χ0v) is 11.9. The zero-order chi connectivity index (χ0) is 13.7. The molecule has 0 bridgehead atoms. The Bertz CT molecular complexity index is 530. The highest BCUT2D eigenvalue weighted by Gasteiger charge is 2.15. The molecule has 2 heterocycles. The van der Waals surface area contributed by atoms with Crippen LogP contribution in [0.15, 0.2) is 18.3 Å². The minimum atomic E-state index is -0.0292. The molecule has 1 atom stereocenters. The Kier molecular flexibility index (Phi) is 5.13. The molecule has 2 aromatic rings. The van der Waals surface area contributed by atoms with Crippen LogP contribution >= 0.6 is 11.6 Å². The third-order valence-electron chi connectivity index (χ3n) is 2.97. The van der Waals surface area contributed by atoms with Gasteiger partial charge in [-0.3, -0.25) is 0 Å². The van der Waals surface area contributed by atoms with E-state index in [1.54, 1.807) is 20.4 Å². The molecular weight excluding hydrogens is 266 g/mol. The number of halogens is 1. The van der Waals surface area contributed by atoms with E-state index >= 15 is 0 Å². The van der Waals surface area contributed by atoms with Crippen LogP contribution in [-0.4, -0.2) is 47.3 Å². The van der Waals surface area contributed by atoms with E-state index in [4.69, 9.17) is 21.1 Å². The minimum Gasteiger partial charge on any atom is -0.382 e. The van der Waals surface area contributed by atoms with Gasteiger partial charge in [-0.1, -0.05) is 0 Å². The van der Waals surface area contributed by atoms with E-state index in [1.807, 2.05) is 12.1 Å². The summed E-state index contributed by atoms with van der Waals surface area (Å²) in [6.45, 7) is 1.19. The number of imidazole rings is 1. The molecule has 2 rings (SSSR count). The second kappa shape index (κ2) is 6.84. The summed E-state index contributed by atoms with van der Waals surface area (Å²) in [6, 6.07) is 3.84. The van der Waals surface area contributed by atoms with Gasteiger partial charge >= 0.3 is 0 Å². The molecular formula is C13H18ClN3O2. The quantitative estimate of drug-likeness (QED) is 0.728. The van der Waals surface area contributed by atoms with Crippen LogP contribution in [0.1, 0.15) is 5.82 Å². The monoisotopic (exact) mass is 283 g/mol. The van der Waals surface area contributed by atoms with Gasteiger partial charge in [-0.15, -0.1) is 11.6 Å². The molecule has 0 aromatic carbocycles. The SMILES string of the molecule is COCC(Cn1c(CCCl)nc2cccnc21)OC. The fourth-order valence-electron chi connectivity index (χ4n) is 2.06. The first-order valence-electron chi connectivity index (χ1n) is 6.18. The standard InChI is InChI=1S/C13H18ClN3O2/c1-18-9-10(19-2)8-17-12(5-6-14)16-11-4-3-7-15-13(11)17/h3-4,7,10H,5-6,8-9H2,1-2H3. The number of nitrogens with zero attached hydrogens (tertiary/aromatic N) is 3. The van der Waals surface area contributed by atoms with E-state index in [1.165, 1.54) is 0 Å². The topological polar surface area (TPSA) is 49.2 Å². The van der Waals surface area contributed by atoms with Crippen LogP contribution < -0.4 is 0 Å². The van der Waals surface area contributed by atoms with E-state index in [0.717, 1.165) is 17.0 Å². The molecule has 2 aromatic heterocycles. The van der Waals surface area contributed by atoms with Crippen molar-refractivity contribution in [1.82, 2.24) is 14.5 Å². The van der Waals surface area contributed by atoms with Crippen LogP contribution in [0.25, 0.3) is 11.2 Å². The van der Waals surface area contributed by atoms with E-state index in [2.05, 4.69) is 14.5 Å². The summed E-state index contributed by atoms with van der Waals surface area (Å²) < 4.78 is 12.6. The number of rotatable bonds is 7. The number of methoxy groups -OCH3 is 2. The van der Waals surface area contributed by atoms with Gasteiger partial charge in [-0.05, 0) is 12.1 Å². The van der Waals surface area contributed by atoms with Crippen molar-refractivity contribution in [3.05, 3.63) is 24.2 Å². The maximum absolute atomic E-state index is 5.84. The molecule has 0 aliphatic carbocycles. The highest BCUT2D eigenvalue weighted by Crippen LogP contribution is 2.15. The van der Waals surface area contributed by atoms with Crippen molar-refractivity contribution in [2.24, 2.45) is 0 Å². The summed E-state index contributed by atoms with van der Waals surface area (Å²) in [4.78, 5) is 8.96. The van der Waals surface area contributed by atoms with Crippen LogP contribution in [0.5, 0.6) is 0 Å². The number of hydrogen-bond donors (Lipinski definition) is 0. The van der Waals surface area contributed by atoms with Gasteiger partial charge in [-0.2, -0.15) is 0 Å². The van der Waals surface area contributed by atoms with E-state index in [-0.39, 0.29) is 6.10 Å². The Morgan fingerprint density at radius 3 is 2.95 bits per heavy atom. The number of ether oxygens (including phenoxy) is 2. The minimum absolute atomic E-state index is 0.0292. The van der Waals surface area contributed by atoms with Crippen LogP contribution in [-0.2, 0) is 22.4 Å². The summed E-state index contributed by atoms with van der Waals surface area (Å²) in [5.74, 6) is 1.47. The average molecular weight is 284 g/mol. The Balaban J connectivity index is 2.35. The van der Waals surface area contributed by atoms with Crippen molar-refractivity contribution in [1.29, 1.82) is 0 Å². The predicted octanol–water partition coefficient (Wildman–Crippen LogP) is 1.87. The van der Waals surface area contributed by atoms with E-state index < -0.39 is 0 Å². The van der Waals surface area contributed by atoms with E-state index in [9.17, 15) is 0 Å². The fourth-order valence-corrected chi connectivity index (χ4v) is 2.23. The molecule has 0 fully saturated rings. The highest BCUT2D eigenvalue weighted by atomic mass is 35.5. The molecule has 19 heavy (non-hydrogen) atoms. The number of aromatic nitrogens is 3. The number of alkyl halides is 1. The smallest absolute Gasteiger partial charge is 0.160 e. The zero-order valence-electron chi connectivity index (χ0n) is 11.2. The molecule has 0 spiro atoms. The summed E-state index contributed by atoms with van der Waals surface area (Å²) in [7, 11) is 3.34. The summed E-state index contributed by atoms with van der Waals surface area (Å²) in [5, 5.41) is 0. The Morgan fingerprint density at radius 2 is 2.26 bits per heavy atom. The second-order valence-corrected chi connectivity index (χ2v) is 4.61. The molecule has 0 radical (unpaired) electrons. The second-order valence-electron chi connectivity index (χ2n) is 4.24. The Labute approximate surface area is 117 Å². The fraction of sp³-hybridized carbons (Fsp3) is 0.538. The van der Waals surface area contributed by atoms with E-state index in [0.29, 0.717) is 25.5 Å². The van der Waals surface area contributed by atoms with Crippen LogP contribution in [0.2, 0.25) is 0 Å². The normalized spacial score (nSPS) is 13.0. The van der Waals surface area contributed by atoms with Gasteiger partial charge in [0.25, 0.3) is 0 Å². The lowest BCUT2D eigenvalue weighted by atomic mass is 10.3. The van der Waals surface area contributed by atoms with Crippen molar-refractivity contribution < 1.29 is 9.47 Å². The first-order valence-corrected chi connectivity index (χ1v) is 6.71. The molecule has 1 unspecified atom stereocenters. The van der Waals surface area contributed by atoms with Crippen molar-refractivity contribution in [3.63, 3.8) is 0 Å². The number of pyridine rings is 1. The molecule has 6 heteroatoms. The molecule has 5 nitrogen and oxygen atoms in total. The third-order valence-corrected chi connectivity index (χ3v) is 3.16. The molecule has 0 N–H and O–H groups in total. The van der Waals surface area contributed by atoms with Gasteiger partial charge in [0.05, 0.1) is 19.3 Å². The highest BCUT2D eigenvalue weighted by molar-refractivity contribution is 6.17. The number of hydrogen-bond acceptors (Lipinski definition) is 4. The van der Waals surface area contributed by atoms with Crippen LogP contribution in [0, 0.1) is 0 Å². The number of fused-ring (bicyclic) bond motifs is 1. The van der Waals surface area contributed by atoms with Gasteiger partial charge in [0, 0.05) is 32.7 Å². The average Bonchev–Trinajstić information content (AvgIpc) is 2.77. The first kappa shape index (κ1) is 14.2. The van der Waals surface area contributed by atoms with Crippen molar-refractivity contribution in [2.75, 3.05) is 26.7 Å². The summed E-state index contributed by atoms with van der Waals surface area (Å²) in [6.07, 6.45) is 2.45. The summed E-state index contributed by atoms with van der Waals surface area (Å²) >= 11 is 5.84. The van der Waals surface area contributed by atoms with Crippen molar-refractivity contribution >= 4 is 22.8 Å². The molecule has 0 saturated carbocycles.